The normalized spacial score (nSPS) is 24.1. The predicted molar refractivity (Wildman–Crippen MR) is 74.6 cm³/mol. The van der Waals surface area contributed by atoms with E-state index in [2.05, 4.69) is 15.3 Å². The number of hydrogen-bond donors (Lipinski definition) is 1. The Morgan fingerprint density at radius 2 is 2.15 bits per heavy atom. The summed E-state index contributed by atoms with van der Waals surface area (Å²) in [4.78, 5) is 8.03. The summed E-state index contributed by atoms with van der Waals surface area (Å²) in [5, 5.41) is 11.8. The first-order valence-corrected chi connectivity index (χ1v) is 8.28. The van der Waals surface area contributed by atoms with Gasteiger partial charge in [0.05, 0.1) is 24.2 Å². The van der Waals surface area contributed by atoms with Crippen LogP contribution in [0.2, 0.25) is 0 Å². The van der Waals surface area contributed by atoms with E-state index in [9.17, 15) is 8.42 Å². The third kappa shape index (κ3) is 3.56. The molecule has 1 saturated heterocycles. The molecule has 0 aliphatic carbocycles. The fourth-order valence-electron chi connectivity index (χ4n) is 2.04. The van der Waals surface area contributed by atoms with Crippen molar-refractivity contribution in [2.24, 2.45) is 0 Å². The van der Waals surface area contributed by atoms with Gasteiger partial charge in [0.15, 0.2) is 0 Å². The number of anilines is 1. The molecule has 9 heteroatoms. The van der Waals surface area contributed by atoms with Gasteiger partial charge in [-0.15, -0.1) is 11.6 Å². The van der Waals surface area contributed by atoms with Gasteiger partial charge in [0.25, 0.3) is 0 Å². The highest BCUT2D eigenvalue weighted by Gasteiger charge is 2.32. The second-order valence-electron chi connectivity index (χ2n) is 4.58. The highest BCUT2D eigenvalue weighted by molar-refractivity contribution is 7.88. The van der Waals surface area contributed by atoms with Crippen molar-refractivity contribution < 1.29 is 8.42 Å². The average Bonchev–Trinajstić information content (AvgIpc) is 2.38. The predicted octanol–water partition coefficient (Wildman–Crippen LogP) is 0.749. The number of aromatic nitrogens is 2. The zero-order valence-electron chi connectivity index (χ0n) is 10.8. The molecular formula is C11H14ClN5O2S. The van der Waals surface area contributed by atoms with E-state index in [-0.39, 0.29) is 6.04 Å². The van der Waals surface area contributed by atoms with Crippen LogP contribution in [0.4, 0.5) is 5.95 Å². The number of rotatable bonds is 3. The van der Waals surface area contributed by atoms with E-state index in [0.29, 0.717) is 30.9 Å². The van der Waals surface area contributed by atoms with Crippen molar-refractivity contribution in [3.8, 4) is 6.07 Å². The van der Waals surface area contributed by atoms with E-state index in [1.54, 1.807) is 0 Å². The second kappa shape index (κ2) is 5.91. The number of nitriles is 1. The topological polar surface area (TPSA) is 99.0 Å². The quantitative estimate of drug-likeness (QED) is 0.652. The smallest absolute Gasteiger partial charge is 0.222 e. The lowest BCUT2D eigenvalue weighted by Crippen LogP contribution is -2.46. The van der Waals surface area contributed by atoms with Gasteiger partial charge >= 0.3 is 0 Å². The summed E-state index contributed by atoms with van der Waals surface area (Å²) in [6.07, 6.45) is 5.11. The van der Waals surface area contributed by atoms with Crippen molar-refractivity contribution in [3.63, 3.8) is 0 Å². The Morgan fingerprint density at radius 3 is 2.65 bits per heavy atom. The SMILES string of the molecule is CS(=O)(=O)N1CCC(Nc2ncc(C#N)cn2)CC1Cl. The first-order chi connectivity index (χ1) is 9.40. The van der Waals surface area contributed by atoms with Gasteiger partial charge in [-0.3, -0.25) is 0 Å². The lowest BCUT2D eigenvalue weighted by Gasteiger charge is -2.34. The maximum atomic E-state index is 11.5. The number of nitrogens with zero attached hydrogens (tertiary/aromatic N) is 4. The molecule has 7 nitrogen and oxygen atoms in total. The first kappa shape index (κ1) is 15.0. The van der Waals surface area contributed by atoms with Crippen LogP contribution in [-0.4, -0.2) is 47.0 Å². The Hall–Kier alpha value is -1.43. The summed E-state index contributed by atoms with van der Waals surface area (Å²) in [5.41, 5.74) is -0.188. The maximum absolute atomic E-state index is 11.5. The van der Waals surface area contributed by atoms with E-state index < -0.39 is 15.5 Å². The fraction of sp³-hybridized carbons (Fsp3) is 0.545. The van der Waals surface area contributed by atoms with Gasteiger partial charge in [-0.05, 0) is 12.8 Å². The molecule has 1 aromatic heterocycles. The highest BCUT2D eigenvalue weighted by atomic mass is 35.5. The highest BCUT2D eigenvalue weighted by Crippen LogP contribution is 2.24. The summed E-state index contributed by atoms with van der Waals surface area (Å²) in [5.74, 6) is 0.408. The Kier molecular flexibility index (Phi) is 4.42. The first-order valence-electron chi connectivity index (χ1n) is 5.99. The molecule has 2 unspecified atom stereocenters. The van der Waals surface area contributed by atoms with Gasteiger partial charge in [0, 0.05) is 12.6 Å². The molecule has 0 aromatic carbocycles. The third-order valence-corrected chi connectivity index (χ3v) is 4.85. The van der Waals surface area contributed by atoms with Gasteiger partial charge < -0.3 is 5.32 Å². The van der Waals surface area contributed by atoms with Crippen molar-refractivity contribution in [2.45, 2.75) is 24.4 Å². The van der Waals surface area contributed by atoms with Gasteiger partial charge in [0.2, 0.25) is 16.0 Å². The van der Waals surface area contributed by atoms with Crippen molar-refractivity contribution in [3.05, 3.63) is 18.0 Å². The molecule has 1 aromatic rings. The van der Waals surface area contributed by atoms with Gasteiger partial charge in [-0.2, -0.15) is 9.57 Å². The van der Waals surface area contributed by atoms with Crippen molar-refractivity contribution >= 4 is 27.6 Å². The summed E-state index contributed by atoms with van der Waals surface area (Å²) in [6.45, 7) is 0.362. The molecule has 0 amide bonds. The molecule has 1 aliphatic rings. The number of sulfonamides is 1. The third-order valence-electron chi connectivity index (χ3n) is 3.03. The van der Waals surface area contributed by atoms with Crippen molar-refractivity contribution in [1.29, 1.82) is 5.26 Å². The maximum Gasteiger partial charge on any atom is 0.222 e. The zero-order chi connectivity index (χ0) is 14.8. The number of nitrogens with one attached hydrogen (secondary N) is 1. The van der Waals surface area contributed by atoms with Gasteiger partial charge in [0.1, 0.15) is 11.6 Å². The molecule has 2 heterocycles. The van der Waals surface area contributed by atoms with Crippen LogP contribution >= 0.6 is 11.6 Å². The zero-order valence-corrected chi connectivity index (χ0v) is 12.4. The number of hydrogen-bond acceptors (Lipinski definition) is 6. The summed E-state index contributed by atoms with van der Waals surface area (Å²) >= 11 is 6.10. The summed E-state index contributed by atoms with van der Waals surface area (Å²) < 4.78 is 24.3. The van der Waals surface area contributed by atoms with E-state index in [0.717, 1.165) is 6.26 Å². The van der Waals surface area contributed by atoms with Crippen LogP contribution in [-0.2, 0) is 10.0 Å². The number of piperidine rings is 1. The second-order valence-corrected chi connectivity index (χ2v) is 7.02. The van der Waals surface area contributed by atoms with Gasteiger partial charge in [-0.1, -0.05) is 0 Å². The molecule has 1 aliphatic heterocycles. The molecule has 0 saturated carbocycles. The molecule has 0 spiro atoms. The van der Waals surface area contributed by atoms with Crippen molar-refractivity contribution in [1.82, 2.24) is 14.3 Å². The number of halogens is 1. The van der Waals surface area contributed by atoms with E-state index in [4.69, 9.17) is 16.9 Å². The Bertz CT molecular complexity index is 613. The minimum absolute atomic E-state index is 0.00318. The van der Waals surface area contributed by atoms with Crippen LogP contribution in [0.1, 0.15) is 18.4 Å². The van der Waals surface area contributed by atoms with Crippen LogP contribution in [0.25, 0.3) is 0 Å². The van der Waals surface area contributed by atoms with Gasteiger partial charge in [-0.25, -0.2) is 18.4 Å². The molecule has 108 valence electrons. The lowest BCUT2D eigenvalue weighted by atomic mass is 10.1. The molecular weight excluding hydrogens is 302 g/mol. The number of alkyl halides is 1. The molecule has 2 atom stereocenters. The molecule has 1 fully saturated rings. The summed E-state index contributed by atoms with van der Waals surface area (Å²) in [6, 6.07) is 1.94. The minimum Gasteiger partial charge on any atom is -0.351 e. The molecule has 0 bridgehead atoms. The monoisotopic (exact) mass is 315 g/mol. The van der Waals surface area contributed by atoms with Crippen LogP contribution in [0.15, 0.2) is 12.4 Å². The minimum atomic E-state index is -3.27. The van der Waals surface area contributed by atoms with E-state index in [1.807, 2.05) is 6.07 Å². The molecule has 20 heavy (non-hydrogen) atoms. The Balaban J connectivity index is 1.98. The standard InChI is InChI=1S/C11H14ClN5O2S/c1-20(18,19)17-3-2-9(4-10(17)12)16-11-14-6-8(5-13)7-15-11/h6-7,9-10H,2-4H2,1H3,(H,14,15,16). The molecule has 1 N–H and O–H groups in total. The molecule has 0 radical (unpaired) electrons. The Morgan fingerprint density at radius 1 is 1.50 bits per heavy atom. The van der Waals surface area contributed by atoms with Crippen LogP contribution in [0.5, 0.6) is 0 Å². The fourth-order valence-corrected chi connectivity index (χ4v) is 3.73. The van der Waals surface area contributed by atoms with Crippen LogP contribution < -0.4 is 5.32 Å². The van der Waals surface area contributed by atoms with Crippen molar-refractivity contribution in [2.75, 3.05) is 18.1 Å². The van der Waals surface area contributed by atoms with E-state index >= 15 is 0 Å². The van der Waals surface area contributed by atoms with Crippen LogP contribution in [0, 0.1) is 11.3 Å². The largest absolute Gasteiger partial charge is 0.351 e. The summed E-state index contributed by atoms with van der Waals surface area (Å²) in [7, 11) is -3.27. The Labute approximate surface area is 122 Å². The molecule has 2 rings (SSSR count). The average molecular weight is 316 g/mol. The van der Waals surface area contributed by atoms with E-state index in [1.165, 1.54) is 16.7 Å². The van der Waals surface area contributed by atoms with Crippen LogP contribution in [0.3, 0.4) is 0 Å². The lowest BCUT2D eigenvalue weighted by molar-refractivity contribution is 0.302.